The minimum absolute atomic E-state index is 0.274. The third-order valence-electron chi connectivity index (χ3n) is 3.75. The molecule has 0 saturated heterocycles. The van der Waals surface area contributed by atoms with Crippen LogP contribution in [0.1, 0.15) is 22.8 Å². The minimum atomic E-state index is -0.446. The molecule has 0 spiro atoms. The summed E-state index contributed by atoms with van der Waals surface area (Å²) in [4.78, 5) is 25.5. The highest BCUT2D eigenvalue weighted by atomic mass is 32.1. The zero-order valence-corrected chi connectivity index (χ0v) is 15.7. The summed E-state index contributed by atoms with van der Waals surface area (Å²) in [5, 5.41) is 3.28. The average molecular weight is 377 g/mol. The van der Waals surface area contributed by atoms with E-state index in [1.165, 1.54) is 17.4 Å². The number of ether oxygens (including phenoxy) is 1. The summed E-state index contributed by atoms with van der Waals surface area (Å²) in [6.07, 6.45) is 3.18. The highest BCUT2D eigenvalue weighted by Gasteiger charge is 2.19. The van der Waals surface area contributed by atoms with Crippen molar-refractivity contribution in [2.24, 2.45) is 0 Å². The van der Waals surface area contributed by atoms with E-state index in [4.69, 9.17) is 4.74 Å². The first-order valence-electron chi connectivity index (χ1n) is 8.58. The zero-order chi connectivity index (χ0) is 19.1. The molecule has 3 aromatic rings. The highest BCUT2D eigenvalue weighted by Crippen LogP contribution is 2.35. The molecule has 1 heterocycles. The maximum atomic E-state index is 12.3. The van der Waals surface area contributed by atoms with Gasteiger partial charge in [0.05, 0.1) is 12.2 Å². The number of benzene rings is 2. The Hall–Kier alpha value is -3.18. The molecule has 0 aliphatic carbocycles. The van der Waals surface area contributed by atoms with E-state index in [-0.39, 0.29) is 12.5 Å². The van der Waals surface area contributed by atoms with Crippen molar-refractivity contribution in [1.29, 1.82) is 0 Å². The summed E-state index contributed by atoms with van der Waals surface area (Å²) < 4.78 is 5.13. The van der Waals surface area contributed by atoms with Crippen molar-refractivity contribution in [3.63, 3.8) is 0 Å². The van der Waals surface area contributed by atoms with Gasteiger partial charge >= 0.3 is 5.97 Å². The molecule has 0 atom stereocenters. The Morgan fingerprint density at radius 3 is 2.37 bits per heavy atom. The van der Waals surface area contributed by atoms with Crippen LogP contribution in [0.25, 0.3) is 16.5 Å². The molecule has 1 amide bonds. The van der Waals surface area contributed by atoms with Gasteiger partial charge in [-0.05, 0) is 30.2 Å². The van der Waals surface area contributed by atoms with E-state index in [1.54, 1.807) is 19.1 Å². The van der Waals surface area contributed by atoms with Crippen molar-refractivity contribution in [3.05, 3.63) is 83.9 Å². The van der Waals surface area contributed by atoms with Gasteiger partial charge in [0.1, 0.15) is 5.00 Å². The van der Waals surface area contributed by atoms with Crippen molar-refractivity contribution in [1.82, 2.24) is 0 Å². The molecule has 0 unspecified atom stereocenters. The average Bonchev–Trinajstić information content (AvgIpc) is 3.12. The zero-order valence-electron chi connectivity index (χ0n) is 14.8. The largest absolute Gasteiger partial charge is 0.462 e. The second kappa shape index (κ2) is 8.96. The van der Waals surface area contributed by atoms with Crippen LogP contribution in [0.2, 0.25) is 0 Å². The Labute approximate surface area is 162 Å². The normalized spacial score (nSPS) is 10.7. The fraction of sp³-hybridized carbons (Fsp3) is 0.0909. The monoisotopic (exact) mass is 377 g/mol. The first-order valence-corrected chi connectivity index (χ1v) is 9.39. The summed E-state index contributed by atoms with van der Waals surface area (Å²) in [6, 6.07) is 21.0. The van der Waals surface area contributed by atoms with E-state index in [1.807, 2.05) is 60.7 Å². The third kappa shape index (κ3) is 4.92. The number of esters is 1. The number of anilines is 1. The number of hydrogen-bond acceptors (Lipinski definition) is 4. The van der Waals surface area contributed by atoms with Crippen LogP contribution >= 0.6 is 11.3 Å². The number of carbonyl (C=O) groups excluding carboxylic acids is 2. The lowest BCUT2D eigenvalue weighted by molar-refractivity contribution is -0.111. The number of thiophene rings is 1. The second-order valence-corrected chi connectivity index (χ2v) is 6.73. The Bertz CT molecular complexity index is 946. The molecule has 0 radical (unpaired) electrons. The highest BCUT2D eigenvalue weighted by molar-refractivity contribution is 7.20. The molecule has 3 rings (SSSR count). The summed E-state index contributed by atoms with van der Waals surface area (Å²) in [7, 11) is 0. The van der Waals surface area contributed by atoms with Gasteiger partial charge in [0.15, 0.2) is 0 Å². The molecule has 0 bridgehead atoms. The van der Waals surface area contributed by atoms with Gasteiger partial charge < -0.3 is 10.1 Å². The number of hydrogen-bond donors (Lipinski definition) is 1. The van der Waals surface area contributed by atoms with E-state index in [2.05, 4.69) is 5.32 Å². The summed E-state index contributed by atoms with van der Waals surface area (Å²) >= 11 is 1.35. The standard InChI is InChI=1S/C22H19NO3S/c1-2-26-22(25)18-15-19(17-11-7-4-8-12-17)27-21(18)23-20(24)14-13-16-9-5-3-6-10-16/h3-15H,2H2,1H3,(H,23,24)/b14-13+. The van der Waals surface area contributed by atoms with Crippen molar-refractivity contribution in [3.8, 4) is 10.4 Å². The molecule has 27 heavy (non-hydrogen) atoms. The van der Waals surface area contributed by atoms with Crippen LogP contribution in [-0.2, 0) is 9.53 Å². The van der Waals surface area contributed by atoms with Crippen LogP contribution in [-0.4, -0.2) is 18.5 Å². The number of carbonyl (C=O) groups is 2. The predicted molar refractivity (Wildman–Crippen MR) is 110 cm³/mol. The Morgan fingerprint density at radius 2 is 1.70 bits per heavy atom. The maximum absolute atomic E-state index is 12.3. The third-order valence-corrected chi connectivity index (χ3v) is 4.85. The quantitative estimate of drug-likeness (QED) is 0.472. The minimum Gasteiger partial charge on any atom is -0.462 e. The topological polar surface area (TPSA) is 55.4 Å². The van der Waals surface area contributed by atoms with Gasteiger partial charge in [0, 0.05) is 11.0 Å². The lowest BCUT2D eigenvalue weighted by atomic mass is 10.1. The van der Waals surface area contributed by atoms with Crippen LogP contribution in [0.3, 0.4) is 0 Å². The molecule has 0 aliphatic heterocycles. The van der Waals surface area contributed by atoms with Crippen molar-refractivity contribution >= 4 is 34.3 Å². The molecule has 2 aromatic carbocycles. The van der Waals surface area contributed by atoms with Gasteiger partial charge in [0.2, 0.25) is 5.91 Å². The first-order chi connectivity index (χ1) is 13.2. The first kappa shape index (κ1) is 18.6. The second-order valence-electron chi connectivity index (χ2n) is 5.67. The number of amides is 1. The maximum Gasteiger partial charge on any atom is 0.341 e. The molecule has 136 valence electrons. The van der Waals surface area contributed by atoms with E-state index < -0.39 is 5.97 Å². The van der Waals surface area contributed by atoms with Crippen molar-refractivity contribution in [2.45, 2.75) is 6.92 Å². The van der Waals surface area contributed by atoms with Gasteiger partial charge in [-0.3, -0.25) is 4.79 Å². The Kier molecular flexibility index (Phi) is 6.18. The Morgan fingerprint density at radius 1 is 1.04 bits per heavy atom. The Balaban J connectivity index is 1.84. The van der Waals surface area contributed by atoms with Gasteiger partial charge in [-0.25, -0.2) is 4.79 Å². The number of nitrogens with one attached hydrogen (secondary N) is 1. The van der Waals surface area contributed by atoms with Gasteiger partial charge in [-0.1, -0.05) is 60.7 Å². The molecule has 1 aromatic heterocycles. The molecule has 0 aliphatic rings. The molecule has 1 N–H and O–H groups in total. The summed E-state index contributed by atoms with van der Waals surface area (Å²) in [5.41, 5.74) is 2.27. The van der Waals surface area contributed by atoms with E-state index in [0.29, 0.717) is 10.6 Å². The lowest BCUT2D eigenvalue weighted by Gasteiger charge is -2.03. The number of rotatable bonds is 6. The lowest BCUT2D eigenvalue weighted by Crippen LogP contribution is -2.11. The van der Waals surface area contributed by atoms with Crippen LogP contribution < -0.4 is 5.32 Å². The molecule has 5 heteroatoms. The molecule has 0 fully saturated rings. The van der Waals surface area contributed by atoms with E-state index >= 15 is 0 Å². The molecule has 0 saturated carbocycles. The van der Waals surface area contributed by atoms with Gasteiger partial charge in [0.25, 0.3) is 0 Å². The summed E-state index contributed by atoms with van der Waals surface area (Å²) in [6.45, 7) is 2.03. The van der Waals surface area contributed by atoms with Crippen LogP contribution in [0.5, 0.6) is 0 Å². The van der Waals surface area contributed by atoms with Crippen LogP contribution in [0, 0.1) is 0 Å². The molecule has 4 nitrogen and oxygen atoms in total. The molecular weight excluding hydrogens is 358 g/mol. The van der Waals surface area contributed by atoms with Crippen LogP contribution in [0.15, 0.2) is 72.8 Å². The SMILES string of the molecule is CCOC(=O)c1cc(-c2ccccc2)sc1NC(=O)/C=C/c1ccccc1. The predicted octanol–water partition coefficient (Wildman–Crippen LogP) is 5.24. The molecular formula is C22H19NO3S. The van der Waals surface area contributed by atoms with Crippen LogP contribution in [0.4, 0.5) is 5.00 Å². The van der Waals surface area contributed by atoms with E-state index in [0.717, 1.165) is 16.0 Å². The van der Waals surface area contributed by atoms with Crippen molar-refractivity contribution in [2.75, 3.05) is 11.9 Å². The fourth-order valence-electron chi connectivity index (χ4n) is 2.48. The van der Waals surface area contributed by atoms with Gasteiger partial charge in [-0.15, -0.1) is 11.3 Å². The van der Waals surface area contributed by atoms with Gasteiger partial charge in [-0.2, -0.15) is 0 Å². The summed E-state index contributed by atoms with van der Waals surface area (Å²) in [5.74, 6) is -0.746. The van der Waals surface area contributed by atoms with Crippen molar-refractivity contribution < 1.29 is 14.3 Å². The fourth-order valence-corrected chi connectivity index (χ4v) is 3.53. The smallest absolute Gasteiger partial charge is 0.341 e. The van der Waals surface area contributed by atoms with E-state index in [9.17, 15) is 9.59 Å².